The van der Waals surface area contributed by atoms with Gasteiger partial charge in [0.2, 0.25) is 0 Å². The number of hydrogen-bond acceptors (Lipinski definition) is 4. The first-order valence-corrected chi connectivity index (χ1v) is 7.56. The first-order valence-electron chi connectivity index (χ1n) is 6.74. The molecule has 0 radical (unpaired) electrons. The average Bonchev–Trinajstić information content (AvgIpc) is 2.95. The van der Waals surface area contributed by atoms with Crippen molar-refractivity contribution in [1.29, 1.82) is 0 Å². The monoisotopic (exact) mass is 282 g/mol. The summed E-state index contributed by atoms with van der Waals surface area (Å²) in [5.74, 6) is 0.661. The van der Waals surface area contributed by atoms with Crippen LogP contribution in [0.2, 0.25) is 0 Å². The Kier molecular flexibility index (Phi) is 4.82. The van der Waals surface area contributed by atoms with E-state index in [-0.39, 0.29) is 5.91 Å². The summed E-state index contributed by atoms with van der Waals surface area (Å²) in [6, 6.07) is 2.52. The summed E-state index contributed by atoms with van der Waals surface area (Å²) in [5, 5.41) is 3.00. The SMILES string of the molecule is COc1cc(C)sc1C(=O)NCCC1CCCN1C. The maximum atomic E-state index is 12.1. The lowest BCUT2D eigenvalue weighted by Gasteiger charge is -2.19. The van der Waals surface area contributed by atoms with E-state index in [4.69, 9.17) is 4.74 Å². The molecule has 2 rings (SSSR count). The van der Waals surface area contributed by atoms with Gasteiger partial charge in [-0.05, 0) is 45.8 Å². The minimum Gasteiger partial charge on any atom is -0.495 e. The highest BCUT2D eigenvalue weighted by atomic mass is 32.1. The number of likely N-dealkylation sites (tertiary alicyclic amines) is 1. The summed E-state index contributed by atoms with van der Waals surface area (Å²) in [7, 11) is 3.76. The summed E-state index contributed by atoms with van der Waals surface area (Å²) >= 11 is 1.48. The highest BCUT2D eigenvalue weighted by molar-refractivity contribution is 7.14. The molecule has 1 N–H and O–H groups in total. The molecule has 19 heavy (non-hydrogen) atoms. The van der Waals surface area contributed by atoms with Crippen LogP contribution in [0.4, 0.5) is 0 Å². The maximum absolute atomic E-state index is 12.1. The Morgan fingerprint density at radius 2 is 2.42 bits per heavy atom. The smallest absolute Gasteiger partial charge is 0.265 e. The highest BCUT2D eigenvalue weighted by Gasteiger charge is 2.21. The third-order valence-corrected chi connectivity index (χ3v) is 4.71. The first kappa shape index (κ1) is 14.3. The summed E-state index contributed by atoms with van der Waals surface area (Å²) in [4.78, 5) is 16.3. The van der Waals surface area contributed by atoms with Crippen LogP contribution in [0, 0.1) is 6.92 Å². The molecule has 106 valence electrons. The Morgan fingerprint density at radius 3 is 3.05 bits per heavy atom. The number of ether oxygens (including phenoxy) is 1. The molecule has 1 saturated heterocycles. The molecular formula is C14H22N2O2S. The van der Waals surface area contributed by atoms with E-state index >= 15 is 0 Å². The minimum atomic E-state index is -0.0180. The van der Waals surface area contributed by atoms with Gasteiger partial charge in [0.05, 0.1) is 7.11 Å². The maximum Gasteiger partial charge on any atom is 0.265 e. The standard InChI is InChI=1S/C14H22N2O2S/c1-10-9-12(18-3)13(19-10)14(17)15-7-6-11-5-4-8-16(11)2/h9,11H,4-8H2,1-3H3,(H,15,17). The fraction of sp³-hybridized carbons (Fsp3) is 0.643. The fourth-order valence-electron chi connectivity index (χ4n) is 2.58. The van der Waals surface area contributed by atoms with Crippen molar-refractivity contribution in [3.63, 3.8) is 0 Å². The second kappa shape index (κ2) is 6.39. The van der Waals surface area contributed by atoms with E-state index < -0.39 is 0 Å². The van der Waals surface area contributed by atoms with Crippen molar-refractivity contribution in [2.24, 2.45) is 0 Å². The van der Waals surface area contributed by atoms with Crippen molar-refractivity contribution >= 4 is 17.2 Å². The zero-order valence-corrected chi connectivity index (χ0v) is 12.7. The zero-order valence-electron chi connectivity index (χ0n) is 11.9. The van der Waals surface area contributed by atoms with E-state index in [1.54, 1.807) is 7.11 Å². The number of hydrogen-bond donors (Lipinski definition) is 1. The van der Waals surface area contributed by atoms with Gasteiger partial charge in [-0.3, -0.25) is 4.79 Å². The highest BCUT2D eigenvalue weighted by Crippen LogP contribution is 2.28. The molecular weight excluding hydrogens is 260 g/mol. The van der Waals surface area contributed by atoms with Crippen LogP contribution in [0.3, 0.4) is 0 Å². The number of carbonyl (C=O) groups is 1. The van der Waals surface area contributed by atoms with E-state index in [2.05, 4.69) is 17.3 Å². The molecule has 0 aliphatic carbocycles. The molecule has 1 aromatic rings. The van der Waals surface area contributed by atoms with Crippen molar-refractivity contribution in [3.8, 4) is 5.75 Å². The number of carbonyl (C=O) groups excluding carboxylic acids is 1. The third-order valence-electron chi connectivity index (χ3n) is 3.68. The molecule has 0 saturated carbocycles. The summed E-state index contributed by atoms with van der Waals surface area (Å²) in [6.45, 7) is 3.89. The van der Waals surface area contributed by atoms with Gasteiger partial charge in [-0.2, -0.15) is 0 Å². The number of amides is 1. The number of rotatable bonds is 5. The van der Waals surface area contributed by atoms with Crippen molar-refractivity contribution < 1.29 is 9.53 Å². The van der Waals surface area contributed by atoms with Crippen LogP contribution in [-0.2, 0) is 0 Å². The molecule has 1 amide bonds. The fourth-order valence-corrected chi connectivity index (χ4v) is 3.47. The summed E-state index contributed by atoms with van der Waals surface area (Å²) in [6.07, 6.45) is 3.54. The van der Waals surface area contributed by atoms with Gasteiger partial charge in [0, 0.05) is 17.5 Å². The van der Waals surface area contributed by atoms with Crippen LogP contribution in [0.1, 0.15) is 33.8 Å². The van der Waals surface area contributed by atoms with Crippen LogP contribution in [0.15, 0.2) is 6.07 Å². The molecule has 0 aromatic carbocycles. The van der Waals surface area contributed by atoms with E-state index in [9.17, 15) is 4.79 Å². The molecule has 2 heterocycles. The molecule has 1 atom stereocenters. The Hall–Kier alpha value is -1.07. The van der Waals surface area contributed by atoms with Crippen LogP contribution in [0.5, 0.6) is 5.75 Å². The number of nitrogens with one attached hydrogen (secondary N) is 1. The predicted octanol–water partition coefficient (Wildman–Crippen LogP) is 2.28. The lowest BCUT2D eigenvalue weighted by Crippen LogP contribution is -2.31. The molecule has 1 aliphatic heterocycles. The van der Waals surface area contributed by atoms with Gasteiger partial charge >= 0.3 is 0 Å². The molecule has 1 aliphatic rings. The Labute approximate surface area is 118 Å². The lowest BCUT2D eigenvalue weighted by atomic mass is 10.1. The quantitative estimate of drug-likeness (QED) is 0.901. The van der Waals surface area contributed by atoms with Crippen molar-refractivity contribution in [3.05, 3.63) is 15.8 Å². The molecule has 4 nitrogen and oxygen atoms in total. The number of methoxy groups -OCH3 is 1. The lowest BCUT2D eigenvalue weighted by molar-refractivity contribution is 0.0951. The molecule has 1 unspecified atom stereocenters. The number of nitrogens with zero attached hydrogens (tertiary/aromatic N) is 1. The van der Waals surface area contributed by atoms with E-state index in [1.807, 2.05) is 13.0 Å². The van der Waals surface area contributed by atoms with Crippen LogP contribution < -0.4 is 10.1 Å². The number of aryl methyl sites for hydroxylation is 1. The second-order valence-corrected chi connectivity index (χ2v) is 6.33. The van der Waals surface area contributed by atoms with Crippen molar-refractivity contribution in [2.45, 2.75) is 32.2 Å². The van der Waals surface area contributed by atoms with E-state index in [0.717, 1.165) is 17.8 Å². The van der Waals surface area contributed by atoms with Gasteiger partial charge in [-0.25, -0.2) is 0 Å². The van der Waals surface area contributed by atoms with Crippen LogP contribution in [-0.4, -0.2) is 44.1 Å². The normalized spacial score (nSPS) is 19.6. The second-order valence-electron chi connectivity index (χ2n) is 5.08. The van der Waals surface area contributed by atoms with E-state index in [0.29, 0.717) is 16.7 Å². The first-order chi connectivity index (χ1) is 9.11. The molecule has 0 bridgehead atoms. The van der Waals surface area contributed by atoms with Gasteiger partial charge < -0.3 is 15.0 Å². The topological polar surface area (TPSA) is 41.6 Å². The summed E-state index contributed by atoms with van der Waals surface area (Å²) < 4.78 is 5.23. The van der Waals surface area contributed by atoms with Crippen LogP contribution in [0.25, 0.3) is 0 Å². The minimum absolute atomic E-state index is 0.0180. The zero-order chi connectivity index (χ0) is 13.8. The third kappa shape index (κ3) is 3.48. The van der Waals surface area contributed by atoms with Gasteiger partial charge in [0.15, 0.2) is 0 Å². The Bertz CT molecular complexity index is 445. The Morgan fingerprint density at radius 1 is 1.63 bits per heavy atom. The largest absolute Gasteiger partial charge is 0.495 e. The van der Waals surface area contributed by atoms with Gasteiger partial charge in [0.25, 0.3) is 5.91 Å². The van der Waals surface area contributed by atoms with Gasteiger partial charge in [-0.15, -0.1) is 11.3 Å². The number of thiophene rings is 1. The van der Waals surface area contributed by atoms with Crippen molar-refractivity contribution in [1.82, 2.24) is 10.2 Å². The van der Waals surface area contributed by atoms with Crippen molar-refractivity contribution in [2.75, 3.05) is 27.2 Å². The Balaban J connectivity index is 1.83. The average molecular weight is 282 g/mol. The van der Waals surface area contributed by atoms with Gasteiger partial charge in [0.1, 0.15) is 10.6 Å². The molecule has 1 aromatic heterocycles. The van der Waals surface area contributed by atoms with E-state index in [1.165, 1.54) is 30.7 Å². The molecule has 0 spiro atoms. The van der Waals surface area contributed by atoms with Gasteiger partial charge in [-0.1, -0.05) is 0 Å². The molecule has 5 heteroatoms. The van der Waals surface area contributed by atoms with Crippen LogP contribution >= 0.6 is 11.3 Å². The summed E-state index contributed by atoms with van der Waals surface area (Å²) in [5.41, 5.74) is 0. The molecule has 1 fully saturated rings. The predicted molar refractivity (Wildman–Crippen MR) is 78.2 cm³/mol.